The maximum absolute atomic E-state index is 13.0. The van der Waals surface area contributed by atoms with Gasteiger partial charge in [-0.15, -0.1) is 22.7 Å². The van der Waals surface area contributed by atoms with E-state index < -0.39 is 0 Å². The predicted octanol–water partition coefficient (Wildman–Crippen LogP) is 4.33. The molecule has 84 valence electrons. The molecule has 3 rings (SSSR count). The third-order valence-corrected chi connectivity index (χ3v) is 4.43. The van der Waals surface area contributed by atoms with Crippen molar-refractivity contribution in [1.29, 1.82) is 0 Å². The highest BCUT2D eigenvalue weighted by molar-refractivity contribution is 7.22. The number of halogens is 1. The third-order valence-electron chi connectivity index (χ3n) is 2.45. The van der Waals surface area contributed by atoms with Crippen LogP contribution in [0.1, 0.15) is 14.5 Å². The monoisotopic (exact) mass is 262 g/mol. The van der Waals surface area contributed by atoms with Crippen molar-refractivity contribution in [2.24, 2.45) is 0 Å². The molecule has 0 aliphatic rings. The molecule has 4 heteroatoms. The molecule has 0 saturated heterocycles. The minimum absolute atomic E-state index is 0.0154. The summed E-state index contributed by atoms with van der Waals surface area (Å²) in [4.78, 5) is 13.5. The van der Waals surface area contributed by atoms with Gasteiger partial charge in [-0.3, -0.25) is 4.79 Å². The summed E-state index contributed by atoms with van der Waals surface area (Å²) in [6.45, 7) is 0. The number of carbonyl (C=O) groups is 1. The Morgan fingerprint density at radius 3 is 2.76 bits per heavy atom. The fraction of sp³-hybridized carbons (Fsp3) is 0. The van der Waals surface area contributed by atoms with Gasteiger partial charge in [-0.05, 0) is 41.1 Å². The van der Waals surface area contributed by atoms with Gasteiger partial charge in [0.1, 0.15) is 5.82 Å². The van der Waals surface area contributed by atoms with E-state index in [0.29, 0.717) is 4.88 Å². The average Bonchev–Trinajstić information content (AvgIpc) is 2.96. The fourth-order valence-corrected chi connectivity index (χ4v) is 3.40. The second-order valence-corrected chi connectivity index (χ2v) is 5.63. The third kappa shape index (κ3) is 1.90. The van der Waals surface area contributed by atoms with E-state index in [4.69, 9.17) is 0 Å². The minimum atomic E-state index is -0.273. The number of fused-ring (bicyclic) bond motifs is 1. The molecule has 3 aromatic rings. The highest BCUT2D eigenvalue weighted by atomic mass is 32.1. The van der Waals surface area contributed by atoms with Gasteiger partial charge in [0.25, 0.3) is 0 Å². The lowest BCUT2D eigenvalue weighted by molar-refractivity contribution is 0.104. The molecule has 0 aliphatic heterocycles. The minimum Gasteiger partial charge on any atom is -0.287 e. The molecule has 0 saturated carbocycles. The molecule has 2 aromatic heterocycles. The lowest BCUT2D eigenvalue weighted by Crippen LogP contribution is -1.93. The molecule has 0 unspecified atom stereocenters. The molecule has 0 aliphatic carbocycles. The molecule has 0 spiro atoms. The number of hydrogen-bond donors (Lipinski definition) is 0. The predicted molar refractivity (Wildman–Crippen MR) is 69.5 cm³/mol. The summed E-state index contributed by atoms with van der Waals surface area (Å²) in [7, 11) is 0. The Morgan fingerprint density at radius 1 is 1.12 bits per heavy atom. The van der Waals surface area contributed by atoms with E-state index in [-0.39, 0.29) is 11.6 Å². The Kier molecular flexibility index (Phi) is 2.53. The van der Waals surface area contributed by atoms with Crippen LogP contribution in [0, 0.1) is 5.82 Å². The number of thiophene rings is 2. The average molecular weight is 262 g/mol. The fourth-order valence-electron chi connectivity index (χ4n) is 1.66. The summed E-state index contributed by atoms with van der Waals surface area (Å²) >= 11 is 2.82. The van der Waals surface area contributed by atoms with Crippen molar-refractivity contribution in [3.8, 4) is 0 Å². The Bertz CT molecular complexity index is 683. The topological polar surface area (TPSA) is 17.1 Å². The second-order valence-electron chi connectivity index (χ2n) is 3.60. The van der Waals surface area contributed by atoms with Gasteiger partial charge < -0.3 is 0 Å². The van der Waals surface area contributed by atoms with Crippen molar-refractivity contribution in [3.63, 3.8) is 0 Å². The largest absolute Gasteiger partial charge is 0.287 e. The smallest absolute Gasteiger partial charge is 0.212 e. The molecule has 0 radical (unpaired) electrons. The maximum atomic E-state index is 13.0. The Balaban J connectivity index is 2.09. The summed E-state index contributed by atoms with van der Waals surface area (Å²) in [6.07, 6.45) is 0. The first kappa shape index (κ1) is 10.6. The zero-order valence-corrected chi connectivity index (χ0v) is 10.3. The first-order valence-electron chi connectivity index (χ1n) is 5.01. The normalized spacial score (nSPS) is 10.9. The number of ketones is 1. The van der Waals surface area contributed by atoms with Crippen LogP contribution < -0.4 is 0 Å². The SMILES string of the molecule is O=C(c1cccs1)c1cc2cc(F)ccc2s1. The summed E-state index contributed by atoms with van der Waals surface area (Å²) in [5.74, 6) is -0.257. The zero-order chi connectivity index (χ0) is 11.8. The van der Waals surface area contributed by atoms with Crippen molar-refractivity contribution in [1.82, 2.24) is 0 Å². The second kappa shape index (κ2) is 4.05. The van der Waals surface area contributed by atoms with E-state index in [1.165, 1.54) is 34.8 Å². The van der Waals surface area contributed by atoms with Gasteiger partial charge in [0.2, 0.25) is 5.78 Å². The van der Waals surface area contributed by atoms with Gasteiger partial charge in [0.15, 0.2) is 0 Å². The van der Waals surface area contributed by atoms with Gasteiger partial charge in [0.05, 0.1) is 9.75 Å². The first-order chi connectivity index (χ1) is 8.24. The van der Waals surface area contributed by atoms with E-state index in [2.05, 4.69) is 0 Å². The standard InChI is InChI=1S/C13H7FOS2/c14-9-3-4-10-8(6-9)7-12(17-10)13(15)11-2-1-5-16-11/h1-7H. The van der Waals surface area contributed by atoms with E-state index in [9.17, 15) is 9.18 Å². The van der Waals surface area contributed by atoms with Crippen LogP contribution in [0.25, 0.3) is 10.1 Å². The van der Waals surface area contributed by atoms with Gasteiger partial charge >= 0.3 is 0 Å². The number of rotatable bonds is 2. The van der Waals surface area contributed by atoms with Crippen molar-refractivity contribution in [3.05, 3.63) is 57.3 Å². The molecular formula is C13H7FOS2. The van der Waals surface area contributed by atoms with Gasteiger partial charge in [-0.1, -0.05) is 6.07 Å². The van der Waals surface area contributed by atoms with Gasteiger partial charge in [-0.25, -0.2) is 4.39 Å². The van der Waals surface area contributed by atoms with Crippen LogP contribution in [-0.4, -0.2) is 5.78 Å². The molecule has 0 N–H and O–H groups in total. The lowest BCUT2D eigenvalue weighted by atomic mass is 10.2. The van der Waals surface area contributed by atoms with Crippen LogP contribution in [-0.2, 0) is 0 Å². The Labute approximate surface area is 105 Å². The molecule has 2 heterocycles. The van der Waals surface area contributed by atoms with Crippen LogP contribution in [0.3, 0.4) is 0 Å². The summed E-state index contributed by atoms with van der Waals surface area (Å²) in [6, 6.07) is 9.99. The quantitative estimate of drug-likeness (QED) is 0.628. The van der Waals surface area contributed by atoms with E-state index in [1.54, 1.807) is 18.2 Å². The molecule has 0 fully saturated rings. The van der Waals surface area contributed by atoms with Crippen molar-refractivity contribution in [2.45, 2.75) is 0 Å². The Hall–Kier alpha value is -1.52. The lowest BCUT2D eigenvalue weighted by Gasteiger charge is -1.90. The molecule has 0 atom stereocenters. The maximum Gasteiger partial charge on any atom is 0.212 e. The molecular weight excluding hydrogens is 255 g/mol. The molecule has 0 bridgehead atoms. The van der Waals surface area contributed by atoms with Gasteiger partial charge in [-0.2, -0.15) is 0 Å². The zero-order valence-electron chi connectivity index (χ0n) is 8.64. The van der Waals surface area contributed by atoms with Crippen LogP contribution in [0.4, 0.5) is 4.39 Å². The van der Waals surface area contributed by atoms with Crippen LogP contribution in [0.2, 0.25) is 0 Å². The summed E-state index contributed by atoms with van der Waals surface area (Å²) < 4.78 is 14.0. The van der Waals surface area contributed by atoms with E-state index in [1.807, 2.05) is 11.4 Å². The molecule has 1 aromatic carbocycles. The molecule has 0 amide bonds. The van der Waals surface area contributed by atoms with Crippen molar-refractivity contribution >= 4 is 38.5 Å². The first-order valence-corrected chi connectivity index (χ1v) is 6.71. The summed E-state index contributed by atoms with van der Waals surface area (Å²) in [5.41, 5.74) is 0. The van der Waals surface area contributed by atoms with E-state index >= 15 is 0 Å². The van der Waals surface area contributed by atoms with Crippen molar-refractivity contribution < 1.29 is 9.18 Å². The van der Waals surface area contributed by atoms with E-state index in [0.717, 1.165) is 15.0 Å². The highest BCUT2D eigenvalue weighted by Crippen LogP contribution is 2.28. The number of benzene rings is 1. The Morgan fingerprint density at radius 2 is 2.00 bits per heavy atom. The van der Waals surface area contributed by atoms with Crippen molar-refractivity contribution in [2.75, 3.05) is 0 Å². The van der Waals surface area contributed by atoms with Crippen LogP contribution in [0.15, 0.2) is 41.8 Å². The highest BCUT2D eigenvalue weighted by Gasteiger charge is 2.13. The molecule has 17 heavy (non-hydrogen) atoms. The van der Waals surface area contributed by atoms with Gasteiger partial charge in [0, 0.05) is 4.70 Å². The van der Waals surface area contributed by atoms with Crippen LogP contribution in [0.5, 0.6) is 0 Å². The number of hydrogen-bond acceptors (Lipinski definition) is 3. The number of carbonyl (C=O) groups excluding carboxylic acids is 1. The molecule has 1 nitrogen and oxygen atoms in total. The summed E-state index contributed by atoms with van der Waals surface area (Å²) in [5, 5.41) is 2.66. The van der Waals surface area contributed by atoms with Crippen LogP contribution >= 0.6 is 22.7 Å².